The third kappa shape index (κ3) is 3.13. The first kappa shape index (κ1) is 14.8. The molecule has 0 saturated heterocycles. The van der Waals surface area contributed by atoms with Gasteiger partial charge < -0.3 is 15.8 Å². The minimum Gasteiger partial charge on any atom is -0.409 e. The van der Waals surface area contributed by atoms with Gasteiger partial charge in [-0.15, -0.1) is 0 Å². The van der Waals surface area contributed by atoms with Crippen LogP contribution in [0.25, 0.3) is 10.8 Å². The van der Waals surface area contributed by atoms with E-state index in [0.717, 1.165) is 10.8 Å². The molecule has 0 unspecified atom stereocenters. The molecule has 5 nitrogen and oxygen atoms in total. The first-order valence-electron chi connectivity index (χ1n) is 6.79. The normalized spacial score (nSPS) is 11.9. The van der Waals surface area contributed by atoms with Crippen molar-refractivity contribution in [3.63, 3.8) is 0 Å². The van der Waals surface area contributed by atoms with Gasteiger partial charge in [-0.3, -0.25) is 4.79 Å². The number of carbonyl (C=O) groups excluding carboxylic acids is 1. The summed E-state index contributed by atoms with van der Waals surface area (Å²) in [5, 5.41) is 13.6. The maximum absolute atomic E-state index is 12.8. The molecule has 0 atom stereocenters. The number of benzene rings is 2. The van der Waals surface area contributed by atoms with Gasteiger partial charge in [0.15, 0.2) is 5.84 Å². The van der Waals surface area contributed by atoms with E-state index in [1.807, 2.05) is 50.2 Å². The molecule has 2 aromatic rings. The summed E-state index contributed by atoms with van der Waals surface area (Å²) < 4.78 is 0. The number of amidine groups is 1. The third-order valence-corrected chi connectivity index (χ3v) is 3.37. The quantitative estimate of drug-likeness (QED) is 0.392. The first-order valence-corrected chi connectivity index (χ1v) is 6.79. The SMILES string of the molecule is CC(C)N(CC(N)=NO)C(=O)c1cccc2ccccc12. The monoisotopic (exact) mass is 285 g/mol. The van der Waals surface area contributed by atoms with Gasteiger partial charge in [-0.05, 0) is 30.7 Å². The molecule has 1 amide bonds. The van der Waals surface area contributed by atoms with Gasteiger partial charge >= 0.3 is 0 Å². The number of rotatable bonds is 4. The number of amides is 1. The molecule has 0 fully saturated rings. The van der Waals surface area contributed by atoms with Crippen molar-refractivity contribution in [3.05, 3.63) is 48.0 Å². The standard InChI is InChI=1S/C16H19N3O2/c1-11(2)19(10-15(17)18-21)16(20)14-9-5-7-12-6-3-4-8-13(12)14/h3-9,11,21H,10H2,1-2H3,(H2,17,18). The Labute approximate surface area is 123 Å². The smallest absolute Gasteiger partial charge is 0.255 e. The predicted octanol–water partition coefficient (Wildman–Crippen LogP) is 2.44. The van der Waals surface area contributed by atoms with Gasteiger partial charge in [0.1, 0.15) is 0 Å². The topological polar surface area (TPSA) is 78.9 Å². The number of nitrogens with two attached hydrogens (primary N) is 1. The van der Waals surface area contributed by atoms with Crippen molar-refractivity contribution in [1.82, 2.24) is 4.90 Å². The zero-order valence-electron chi connectivity index (χ0n) is 12.2. The molecule has 0 aliphatic heterocycles. The Morgan fingerprint density at radius 1 is 1.24 bits per heavy atom. The lowest BCUT2D eigenvalue weighted by Crippen LogP contribution is -2.42. The summed E-state index contributed by atoms with van der Waals surface area (Å²) >= 11 is 0. The average molecular weight is 285 g/mol. The van der Waals surface area contributed by atoms with Crippen LogP contribution in [0.3, 0.4) is 0 Å². The van der Waals surface area contributed by atoms with Crippen molar-refractivity contribution in [3.8, 4) is 0 Å². The molecular weight excluding hydrogens is 266 g/mol. The van der Waals surface area contributed by atoms with Crippen molar-refractivity contribution in [1.29, 1.82) is 0 Å². The molecule has 0 spiro atoms. The van der Waals surface area contributed by atoms with Crippen molar-refractivity contribution in [2.75, 3.05) is 6.54 Å². The highest BCUT2D eigenvalue weighted by atomic mass is 16.4. The fraction of sp³-hybridized carbons (Fsp3) is 0.250. The molecule has 0 aliphatic carbocycles. The second-order valence-electron chi connectivity index (χ2n) is 5.14. The molecule has 21 heavy (non-hydrogen) atoms. The molecule has 3 N–H and O–H groups in total. The van der Waals surface area contributed by atoms with E-state index in [0.29, 0.717) is 5.56 Å². The summed E-state index contributed by atoms with van der Waals surface area (Å²) in [6.07, 6.45) is 0. The average Bonchev–Trinajstić information content (AvgIpc) is 2.50. The Hall–Kier alpha value is -2.56. The first-order chi connectivity index (χ1) is 10.0. The highest BCUT2D eigenvalue weighted by Crippen LogP contribution is 2.20. The molecular formula is C16H19N3O2. The number of nitrogens with zero attached hydrogens (tertiary/aromatic N) is 2. The van der Waals surface area contributed by atoms with Crippen LogP contribution < -0.4 is 5.73 Å². The lowest BCUT2D eigenvalue weighted by Gasteiger charge is -2.26. The molecule has 0 aliphatic rings. The van der Waals surface area contributed by atoms with Gasteiger partial charge in [-0.1, -0.05) is 41.6 Å². The lowest BCUT2D eigenvalue weighted by molar-refractivity contribution is 0.0736. The van der Waals surface area contributed by atoms with Crippen LogP contribution in [-0.4, -0.2) is 34.4 Å². The molecule has 0 radical (unpaired) electrons. The second-order valence-corrected chi connectivity index (χ2v) is 5.14. The van der Waals surface area contributed by atoms with Gasteiger partial charge in [0.2, 0.25) is 0 Å². The molecule has 2 rings (SSSR count). The van der Waals surface area contributed by atoms with Gasteiger partial charge in [-0.25, -0.2) is 0 Å². The number of hydrogen-bond acceptors (Lipinski definition) is 3. The Morgan fingerprint density at radius 3 is 2.57 bits per heavy atom. The van der Waals surface area contributed by atoms with Crippen LogP contribution >= 0.6 is 0 Å². The van der Waals surface area contributed by atoms with Crippen LogP contribution in [0.15, 0.2) is 47.6 Å². The van der Waals surface area contributed by atoms with Crippen LogP contribution in [0.4, 0.5) is 0 Å². The fourth-order valence-corrected chi connectivity index (χ4v) is 2.26. The molecule has 2 aromatic carbocycles. The van der Waals surface area contributed by atoms with E-state index < -0.39 is 0 Å². The molecule has 0 aromatic heterocycles. The Kier molecular flexibility index (Phi) is 4.42. The van der Waals surface area contributed by atoms with Gasteiger partial charge in [0.05, 0.1) is 6.54 Å². The number of oxime groups is 1. The fourth-order valence-electron chi connectivity index (χ4n) is 2.26. The summed E-state index contributed by atoms with van der Waals surface area (Å²) in [5.41, 5.74) is 6.16. The van der Waals surface area contributed by atoms with E-state index in [4.69, 9.17) is 10.9 Å². The molecule has 0 heterocycles. The highest BCUT2D eigenvalue weighted by Gasteiger charge is 2.21. The molecule has 0 bridgehead atoms. The van der Waals surface area contributed by atoms with E-state index in [1.54, 1.807) is 11.0 Å². The zero-order valence-corrected chi connectivity index (χ0v) is 12.2. The summed E-state index contributed by atoms with van der Waals surface area (Å²) in [4.78, 5) is 14.4. The van der Waals surface area contributed by atoms with Crippen molar-refractivity contribution in [2.24, 2.45) is 10.9 Å². The van der Waals surface area contributed by atoms with Crippen LogP contribution in [0.2, 0.25) is 0 Å². The van der Waals surface area contributed by atoms with Gasteiger partial charge in [0.25, 0.3) is 5.91 Å². The summed E-state index contributed by atoms with van der Waals surface area (Å²) in [7, 11) is 0. The van der Waals surface area contributed by atoms with Crippen LogP contribution in [0, 0.1) is 0 Å². The Bertz CT molecular complexity index is 675. The number of hydrogen-bond donors (Lipinski definition) is 2. The van der Waals surface area contributed by atoms with Crippen LogP contribution in [-0.2, 0) is 0 Å². The van der Waals surface area contributed by atoms with Gasteiger partial charge in [0, 0.05) is 11.6 Å². The largest absolute Gasteiger partial charge is 0.409 e. The summed E-state index contributed by atoms with van der Waals surface area (Å²) in [6, 6.07) is 13.3. The van der Waals surface area contributed by atoms with Crippen molar-refractivity contribution in [2.45, 2.75) is 19.9 Å². The van der Waals surface area contributed by atoms with E-state index in [-0.39, 0.29) is 24.3 Å². The van der Waals surface area contributed by atoms with Crippen LogP contribution in [0.1, 0.15) is 24.2 Å². The predicted molar refractivity (Wildman–Crippen MR) is 83.5 cm³/mol. The highest BCUT2D eigenvalue weighted by molar-refractivity contribution is 6.08. The molecule has 5 heteroatoms. The number of carbonyl (C=O) groups is 1. The van der Waals surface area contributed by atoms with Gasteiger partial charge in [-0.2, -0.15) is 0 Å². The van der Waals surface area contributed by atoms with Crippen LogP contribution in [0.5, 0.6) is 0 Å². The molecule has 110 valence electrons. The lowest BCUT2D eigenvalue weighted by atomic mass is 10.0. The summed E-state index contributed by atoms with van der Waals surface area (Å²) in [5.74, 6) is -0.120. The number of fused-ring (bicyclic) bond motifs is 1. The Balaban J connectivity index is 2.44. The second kappa shape index (κ2) is 6.26. The van der Waals surface area contributed by atoms with E-state index in [9.17, 15) is 4.79 Å². The van der Waals surface area contributed by atoms with Crippen molar-refractivity contribution < 1.29 is 10.0 Å². The van der Waals surface area contributed by atoms with E-state index >= 15 is 0 Å². The minimum absolute atomic E-state index is 0.0114. The van der Waals surface area contributed by atoms with E-state index in [1.165, 1.54) is 0 Å². The third-order valence-electron chi connectivity index (χ3n) is 3.37. The zero-order chi connectivity index (χ0) is 15.4. The maximum Gasteiger partial charge on any atom is 0.255 e. The molecule has 0 saturated carbocycles. The summed E-state index contributed by atoms with van der Waals surface area (Å²) in [6.45, 7) is 3.89. The Morgan fingerprint density at radius 2 is 1.90 bits per heavy atom. The maximum atomic E-state index is 12.8. The van der Waals surface area contributed by atoms with E-state index in [2.05, 4.69) is 5.16 Å². The van der Waals surface area contributed by atoms with Crippen molar-refractivity contribution >= 4 is 22.5 Å². The minimum atomic E-state index is -0.131.